The SMILES string of the molecule is C=C(Nc1c(OC)cc(OC)cc1OC)/C(=C/C=C/Oc1cc(C(C)C)c(N)cc1C)OC. The highest BCUT2D eigenvalue weighted by Crippen LogP contribution is 2.40. The molecule has 2 aromatic carbocycles. The number of nitrogen functional groups attached to an aromatic ring is 1. The third kappa shape index (κ3) is 6.38. The van der Waals surface area contributed by atoms with Crippen LogP contribution in [-0.2, 0) is 4.74 Å². The summed E-state index contributed by atoms with van der Waals surface area (Å²) in [5.74, 6) is 3.26. The molecule has 0 aliphatic rings. The lowest BCUT2D eigenvalue weighted by Crippen LogP contribution is -2.06. The second kappa shape index (κ2) is 11.8. The molecule has 2 rings (SSSR count). The number of aryl methyl sites for hydroxylation is 1. The minimum atomic E-state index is 0.304. The Bertz CT molecular complexity index is 1020. The van der Waals surface area contributed by atoms with E-state index in [1.807, 2.05) is 19.1 Å². The van der Waals surface area contributed by atoms with Gasteiger partial charge in [0.2, 0.25) is 0 Å². The molecule has 0 aromatic heterocycles. The van der Waals surface area contributed by atoms with Gasteiger partial charge in [-0.25, -0.2) is 0 Å². The van der Waals surface area contributed by atoms with E-state index in [0.29, 0.717) is 40.3 Å². The molecule has 33 heavy (non-hydrogen) atoms. The molecule has 178 valence electrons. The highest BCUT2D eigenvalue weighted by molar-refractivity contribution is 5.71. The smallest absolute Gasteiger partial charge is 0.149 e. The summed E-state index contributed by atoms with van der Waals surface area (Å²) in [5.41, 5.74) is 10.0. The maximum atomic E-state index is 6.12. The second-order valence-electron chi connectivity index (χ2n) is 7.59. The van der Waals surface area contributed by atoms with Crippen molar-refractivity contribution in [2.24, 2.45) is 0 Å². The summed E-state index contributed by atoms with van der Waals surface area (Å²) in [7, 11) is 6.28. The lowest BCUT2D eigenvalue weighted by molar-refractivity contribution is 0.301. The molecule has 7 nitrogen and oxygen atoms in total. The van der Waals surface area contributed by atoms with Gasteiger partial charge in [-0.3, -0.25) is 0 Å². The number of anilines is 2. The summed E-state index contributed by atoms with van der Waals surface area (Å²) in [5, 5.41) is 3.20. The molecule has 0 amide bonds. The number of allylic oxidation sites excluding steroid dienone is 2. The molecular formula is C26H34N2O5. The van der Waals surface area contributed by atoms with Crippen LogP contribution in [0.4, 0.5) is 11.4 Å². The van der Waals surface area contributed by atoms with Crippen LogP contribution in [0, 0.1) is 6.92 Å². The Morgan fingerprint density at radius 3 is 2.12 bits per heavy atom. The van der Waals surface area contributed by atoms with Crippen molar-refractivity contribution in [1.29, 1.82) is 0 Å². The van der Waals surface area contributed by atoms with E-state index in [-0.39, 0.29) is 0 Å². The van der Waals surface area contributed by atoms with E-state index in [9.17, 15) is 0 Å². The molecule has 0 spiro atoms. The third-order valence-corrected chi connectivity index (χ3v) is 5.03. The van der Waals surface area contributed by atoms with Crippen LogP contribution in [0.2, 0.25) is 0 Å². The van der Waals surface area contributed by atoms with E-state index in [2.05, 4.69) is 25.7 Å². The molecule has 0 unspecified atom stereocenters. The van der Waals surface area contributed by atoms with Crippen molar-refractivity contribution in [3.8, 4) is 23.0 Å². The highest BCUT2D eigenvalue weighted by Gasteiger charge is 2.15. The predicted molar refractivity (Wildman–Crippen MR) is 133 cm³/mol. The van der Waals surface area contributed by atoms with Gasteiger partial charge in [-0.15, -0.1) is 0 Å². The first kappa shape index (κ1) is 25.5. The molecule has 0 saturated carbocycles. The zero-order chi connectivity index (χ0) is 24.5. The van der Waals surface area contributed by atoms with Crippen molar-refractivity contribution in [3.63, 3.8) is 0 Å². The molecule has 0 aliphatic heterocycles. The Morgan fingerprint density at radius 2 is 1.61 bits per heavy atom. The summed E-state index contributed by atoms with van der Waals surface area (Å²) >= 11 is 0. The van der Waals surface area contributed by atoms with Crippen LogP contribution in [0.25, 0.3) is 0 Å². The van der Waals surface area contributed by atoms with Crippen molar-refractivity contribution >= 4 is 11.4 Å². The molecule has 2 aromatic rings. The third-order valence-electron chi connectivity index (χ3n) is 5.03. The number of benzene rings is 2. The Morgan fingerprint density at radius 1 is 0.970 bits per heavy atom. The van der Waals surface area contributed by atoms with Gasteiger partial charge in [0.25, 0.3) is 0 Å². The maximum absolute atomic E-state index is 6.12. The minimum absolute atomic E-state index is 0.304. The van der Waals surface area contributed by atoms with Crippen LogP contribution in [0.3, 0.4) is 0 Å². The number of nitrogens with one attached hydrogen (secondary N) is 1. The van der Waals surface area contributed by atoms with Crippen LogP contribution in [0.5, 0.6) is 23.0 Å². The topological polar surface area (TPSA) is 84.2 Å². The van der Waals surface area contributed by atoms with Crippen LogP contribution in [-0.4, -0.2) is 28.4 Å². The van der Waals surface area contributed by atoms with E-state index in [1.54, 1.807) is 59.0 Å². The zero-order valence-corrected chi connectivity index (χ0v) is 20.4. The molecule has 3 N–H and O–H groups in total. The molecule has 0 heterocycles. The molecule has 7 heteroatoms. The fraction of sp³-hybridized carbons (Fsp3) is 0.308. The minimum Gasteiger partial charge on any atom is -0.496 e. The first-order valence-electron chi connectivity index (χ1n) is 10.5. The molecule has 0 bridgehead atoms. The Hall–Kier alpha value is -3.74. The molecular weight excluding hydrogens is 420 g/mol. The first-order chi connectivity index (χ1) is 15.7. The van der Waals surface area contributed by atoms with Crippen molar-refractivity contribution in [2.75, 3.05) is 39.5 Å². The number of rotatable bonds is 11. The average molecular weight is 455 g/mol. The van der Waals surface area contributed by atoms with Gasteiger partial charge in [0.05, 0.1) is 40.4 Å². The summed E-state index contributed by atoms with van der Waals surface area (Å²) < 4.78 is 27.6. The van der Waals surface area contributed by atoms with E-state index in [4.69, 9.17) is 29.4 Å². The maximum Gasteiger partial charge on any atom is 0.149 e. The Labute approximate surface area is 196 Å². The summed E-state index contributed by atoms with van der Waals surface area (Å²) in [6.07, 6.45) is 5.07. The quantitative estimate of drug-likeness (QED) is 0.253. The lowest BCUT2D eigenvalue weighted by atomic mass is 9.99. The van der Waals surface area contributed by atoms with Gasteiger partial charge in [-0.05, 0) is 48.3 Å². The molecule has 0 saturated heterocycles. The first-order valence-corrected chi connectivity index (χ1v) is 10.5. The summed E-state index contributed by atoms with van der Waals surface area (Å²) in [6.45, 7) is 10.2. The number of hydrogen-bond donors (Lipinski definition) is 2. The van der Waals surface area contributed by atoms with Crippen LogP contribution < -0.4 is 30.0 Å². The lowest BCUT2D eigenvalue weighted by Gasteiger charge is -2.18. The molecule has 0 aliphatic carbocycles. The van der Waals surface area contributed by atoms with Crippen LogP contribution >= 0.6 is 0 Å². The van der Waals surface area contributed by atoms with Gasteiger partial charge in [0, 0.05) is 17.8 Å². The predicted octanol–water partition coefficient (Wildman–Crippen LogP) is 5.78. The van der Waals surface area contributed by atoms with Gasteiger partial charge in [0.1, 0.15) is 34.4 Å². The number of hydrogen-bond acceptors (Lipinski definition) is 7. The Balaban J connectivity index is 2.19. The molecule has 0 atom stereocenters. The monoisotopic (exact) mass is 454 g/mol. The normalized spacial score (nSPS) is 11.5. The second-order valence-corrected chi connectivity index (χ2v) is 7.59. The summed E-state index contributed by atoms with van der Waals surface area (Å²) in [6, 6.07) is 7.41. The number of ether oxygens (including phenoxy) is 5. The van der Waals surface area contributed by atoms with Crippen LogP contribution in [0.1, 0.15) is 30.9 Å². The van der Waals surface area contributed by atoms with E-state index in [0.717, 1.165) is 22.6 Å². The van der Waals surface area contributed by atoms with Crippen molar-refractivity contribution in [1.82, 2.24) is 0 Å². The fourth-order valence-corrected chi connectivity index (χ4v) is 3.23. The van der Waals surface area contributed by atoms with Crippen LogP contribution in [0.15, 0.2) is 60.7 Å². The molecule has 0 fully saturated rings. The van der Waals surface area contributed by atoms with Gasteiger partial charge in [-0.1, -0.05) is 20.4 Å². The van der Waals surface area contributed by atoms with Crippen molar-refractivity contribution in [2.45, 2.75) is 26.7 Å². The van der Waals surface area contributed by atoms with E-state index >= 15 is 0 Å². The zero-order valence-electron chi connectivity index (χ0n) is 20.4. The number of nitrogens with two attached hydrogens (primary N) is 1. The van der Waals surface area contributed by atoms with Crippen molar-refractivity contribution < 1.29 is 23.7 Å². The summed E-state index contributed by atoms with van der Waals surface area (Å²) in [4.78, 5) is 0. The largest absolute Gasteiger partial charge is 0.496 e. The Kier molecular flexibility index (Phi) is 9.09. The highest BCUT2D eigenvalue weighted by atomic mass is 16.5. The van der Waals surface area contributed by atoms with Gasteiger partial charge in [0.15, 0.2) is 0 Å². The van der Waals surface area contributed by atoms with Gasteiger partial charge >= 0.3 is 0 Å². The molecule has 0 radical (unpaired) electrons. The standard InChI is InChI=1S/C26H34N2O5/c1-16(2)20-15-23(17(3)12-21(20)27)33-11-9-10-22(30-6)18(4)28-26-24(31-7)13-19(29-5)14-25(26)32-8/h9-16,28H,4,27H2,1-3,5-8H3/b11-9+,22-10-. The van der Waals surface area contributed by atoms with E-state index < -0.39 is 0 Å². The van der Waals surface area contributed by atoms with Gasteiger partial charge in [-0.2, -0.15) is 0 Å². The van der Waals surface area contributed by atoms with E-state index in [1.165, 1.54) is 0 Å². The average Bonchev–Trinajstić information content (AvgIpc) is 2.79. The number of methoxy groups -OCH3 is 4. The van der Waals surface area contributed by atoms with Crippen molar-refractivity contribution in [3.05, 3.63) is 71.8 Å². The fourth-order valence-electron chi connectivity index (χ4n) is 3.23. The van der Waals surface area contributed by atoms with Gasteiger partial charge < -0.3 is 34.7 Å².